The number of nitrogens with one attached hydrogen (secondary N) is 2. The van der Waals surface area contributed by atoms with Gasteiger partial charge in [-0.05, 0) is 104 Å². The third-order valence-electron chi connectivity index (χ3n) is 12.5. The van der Waals surface area contributed by atoms with E-state index in [1.165, 1.54) is 34.0 Å². The molecule has 2 amide bonds. The van der Waals surface area contributed by atoms with E-state index >= 15 is 0 Å². The summed E-state index contributed by atoms with van der Waals surface area (Å²) in [5.74, 6) is 2.41. The lowest BCUT2D eigenvalue weighted by atomic mass is 10.1. The largest absolute Gasteiger partial charge is 0.482 e. The van der Waals surface area contributed by atoms with Crippen LogP contribution >= 0.6 is 0 Å². The van der Waals surface area contributed by atoms with Crippen LogP contribution in [0, 0.1) is 6.92 Å². The van der Waals surface area contributed by atoms with E-state index < -0.39 is 0 Å². The van der Waals surface area contributed by atoms with Gasteiger partial charge in [-0.25, -0.2) is 4.98 Å². The summed E-state index contributed by atoms with van der Waals surface area (Å²) < 4.78 is 10.9. The molecule has 12 nitrogen and oxygen atoms in total. The van der Waals surface area contributed by atoms with Crippen LogP contribution in [-0.4, -0.2) is 109 Å². The minimum Gasteiger partial charge on any atom is -0.482 e. The van der Waals surface area contributed by atoms with Crippen molar-refractivity contribution in [1.82, 2.24) is 19.8 Å². The molecule has 0 radical (unpaired) electrons. The maximum atomic E-state index is 11.6. The van der Waals surface area contributed by atoms with Gasteiger partial charge in [0.25, 0.3) is 11.8 Å². The number of rotatable bonds is 8. The summed E-state index contributed by atoms with van der Waals surface area (Å²) in [5.41, 5.74) is 8.55. The molecule has 5 aliphatic heterocycles. The lowest BCUT2D eigenvalue weighted by Crippen LogP contribution is -2.47. The number of carbonyl (C=O) groups is 2. The number of anilines is 4. The Morgan fingerprint density at radius 1 is 0.667 bits per heavy atom. The van der Waals surface area contributed by atoms with Crippen LogP contribution in [0.15, 0.2) is 103 Å². The molecule has 5 aliphatic rings. The van der Waals surface area contributed by atoms with Crippen LogP contribution in [0.2, 0.25) is 0 Å². The minimum absolute atomic E-state index is 0.0830. The van der Waals surface area contributed by atoms with Gasteiger partial charge < -0.3 is 29.9 Å². The Morgan fingerprint density at radius 2 is 1.37 bits per heavy atom. The van der Waals surface area contributed by atoms with Gasteiger partial charge in [-0.3, -0.25) is 24.4 Å². The highest BCUT2D eigenvalue weighted by molar-refractivity contribution is 5.96. The quantitative estimate of drug-likeness (QED) is 0.182. The first-order chi connectivity index (χ1) is 29.4. The van der Waals surface area contributed by atoms with Gasteiger partial charge >= 0.3 is 0 Å². The Bertz CT molecular complexity index is 2570. The van der Waals surface area contributed by atoms with Crippen LogP contribution in [0.3, 0.4) is 0 Å². The second kappa shape index (κ2) is 16.4. The number of hydrogen-bond donors (Lipinski definition) is 2. The number of aromatic nitrogens is 2. The summed E-state index contributed by atoms with van der Waals surface area (Å²) in [6, 6.07) is 36.7. The Hall–Kier alpha value is -6.24. The highest BCUT2D eigenvalue weighted by Gasteiger charge is 2.43. The summed E-state index contributed by atoms with van der Waals surface area (Å²) >= 11 is 0. The van der Waals surface area contributed by atoms with Gasteiger partial charge in [0.2, 0.25) is 0 Å². The molecule has 306 valence electrons. The topological polar surface area (TPSA) is 115 Å². The summed E-state index contributed by atoms with van der Waals surface area (Å²) in [7, 11) is 0. The van der Waals surface area contributed by atoms with Crippen LogP contribution in [-0.2, 0) is 22.4 Å². The number of pyridine rings is 2. The molecule has 0 unspecified atom stereocenters. The molecule has 7 heterocycles. The van der Waals surface area contributed by atoms with Crippen molar-refractivity contribution in [2.75, 3.05) is 86.0 Å². The van der Waals surface area contributed by atoms with E-state index in [0.717, 1.165) is 111 Å². The smallest absolute Gasteiger partial charge is 0.262 e. The zero-order chi connectivity index (χ0) is 40.6. The monoisotopic (exact) mass is 802 g/mol. The minimum atomic E-state index is -0.0897. The van der Waals surface area contributed by atoms with Crippen molar-refractivity contribution in [2.24, 2.45) is 0 Å². The number of piperazine rings is 2. The molecule has 2 N–H and O–H groups in total. The predicted octanol–water partition coefficient (Wildman–Crippen LogP) is 6.31. The van der Waals surface area contributed by atoms with E-state index in [4.69, 9.17) is 19.4 Å². The Morgan fingerprint density at radius 3 is 2.08 bits per heavy atom. The number of para-hydroxylation sites is 1. The van der Waals surface area contributed by atoms with Crippen LogP contribution in [0.25, 0.3) is 21.8 Å². The molecule has 3 saturated heterocycles. The van der Waals surface area contributed by atoms with Gasteiger partial charge in [-0.15, -0.1) is 0 Å². The second-order valence-electron chi connectivity index (χ2n) is 16.5. The molecule has 11 rings (SSSR count). The van der Waals surface area contributed by atoms with Crippen molar-refractivity contribution in [3.63, 3.8) is 0 Å². The summed E-state index contributed by atoms with van der Waals surface area (Å²) in [6.07, 6.45) is 3.16. The average Bonchev–Trinajstić information content (AvgIpc) is 3.89. The van der Waals surface area contributed by atoms with Crippen LogP contribution < -0.4 is 29.9 Å². The zero-order valence-corrected chi connectivity index (χ0v) is 34.0. The SMILES string of the molecule is Cc1ccc2c(N3C[C@@H]4C[C@H]3CN4CCc3ccc4c(c3)NC(=O)CO4)cccc2n1.O=C1COc2ccc(CCN3CCN(c4ccc5ccccc5n4)CC3)cc2N1. The number of hydrogen-bond acceptors (Lipinski definition) is 10. The van der Waals surface area contributed by atoms with Crippen LogP contribution in [0.4, 0.5) is 22.9 Å². The average molecular weight is 803 g/mol. The van der Waals surface area contributed by atoms with Crippen molar-refractivity contribution in [2.45, 2.75) is 38.3 Å². The number of likely N-dealkylation sites (tertiary alicyclic amines) is 1. The van der Waals surface area contributed by atoms with Crippen molar-refractivity contribution in [1.29, 1.82) is 0 Å². The third-order valence-corrected chi connectivity index (χ3v) is 12.5. The fourth-order valence-electron chi connectivity index (χ4n) is 9.37. The molecular weight excluding hydrogens is 753 g/mol. The van der Waals surface area contributed by atoms with Crippen molar-refractivity contribution >= 4 is 56.5 Å². The summed E-state index contributed by atoms with van der Waals surface area (Å²) in [6.45, 7) is 10.5. The van der Waals surface area contributed by atoms with Gasteiger partial charge in [0.05, 0.1) is 22.4 Å². The fraction of sp³-hybridized carbons (Fsp3) is 0.333. The van der Waals surface area contributed by atoms with E-state index in [0.29, 0.717) is 12.1 Å². The highest BCUT2D eigenvalue weighted by atomic mass is 16.5. The first kappa shape index (κ1) is 38.0. The first-order valence-corrected chi connectivity index (χ1v) is 21.2. The molecule has 6 aromatic rings. The number of nitrogens with zero attached hydrogens (tertiary/aromatic N) is 6. The molecule has 0 aliphatic carbocycles. The van der Waals surface area contributed by atoms with E-state index in [1.54, 1.807) is 0 Å². The molecular formula is C48H50N8O4. The fourth-order valence-corrected chi connectivity index (χ4v) is 9.37. The van der Waals surface area contributed by atoms with Crippen molar-refractivity contribution in [3.05, 3.63) is 120 Å². The normalized spacial score (nSPS) is 19.8. The molecule has 12 heteroatoms. The number of benzene rings is 4. The molecule has 2 atom stereocenters. The molecule has 0 spiro atoms. The predicted molar refractivity (Wildman–Crippen MR) is 237 cm³/mol. The molecule has 2 bridgehead atoms. The first-order valence-electron chi connectivity index (χ1n) is 21.2. The number of fused-ring (bicyclic) bond motifs is 6. The summed E-state index contributed by atoms with van der Waals surface area (Å²) in [5, 5.41) is 8.23. The second-order valence-corrected chi connectivity index (χ2v) is 16.5. The maximum Gasteiger partial charge on any atom is 0.262 e. The third kappa shape index (κ3) is 8.04. The van der Waals surface area contributed by atoms with Crippen molar-refractivity contribution in [3.8, 4) is 11.5 Å². The number of aryl methyl sites for hydroxylation is 1. The molecule has 4 aromatic carbocycles. The lowest BCUT2D eigenvalue weighted by molar-refractivity contribution is -0.119. The van der Waals surface area contributed by atoms with E-state index in [-0.39, 0.29) is 25.0 Å². The number of amides is 2. The molecule has 2 aromatic heterocycles. The molecule has 0 saturated carbocycles. The number of ether oxygens (including phenoxy) is 2. The Kier molecular flexibility index (Phi) is 10.4. The molecule has 60 heavy (non-hydrogen) atoms. The molecule has 3 fully saturated rings. The van der Waals surface area contributed by atoms with Crippen LogP contribution in [0.1, 0.15) is 23.2 Å². The summed E-state index contributed by atoms with van der Waals surface area (Å²) in [4.78, 5) is 42.7. The van der Waals surface area contributed by atoms with Gasteiger partial charge in [0.1, 0.15) is 17.3 Å². The van der Waals surface area contributed by atoms with Gasteiger partial charge in [-0.2, -0.15) is 0 Å². The Labute approximate surface area is 350 Å². The van der Waals surface area contributed by atoms with Gasteiger partial charge in [0.15, 0.2) is 13.2 Å². The van der Waals surface area contributed by atoms with E-state index in [2.05, 4.69) is 103 Å². The van der Waals surface area contributed by atoms with E-state index in [9.17, 15) is 9.59 Å². The van der Waals surface area contributed by atoms with Gasteiger partial charge in [-0.1, -0.05) is 36.4 Å². The maximum absolute atomic E-state index is 11.6. The highest BCUT2D eigenvalue weighted by Crippen LogP contribution is 2.38. The Balaban J connectivity index is 0.000000145. The van der Waals surface area contributed by atoms with E-state index in [1.807, 2.05) is 37.3 Å². The van der Waals surface area contributed by atoms with Crippen molar-refractivity contribution < 1.29 is 19.1 Å². The van der Waals surface area contributed by atoms with Gasteiger partial charge in [0, 0.05) is 86.6 Å². The lowest BCUT2D eigenvalue weighted by Gasteiger charge is -2.36. The van der Waals surface area contributed by atoms with Crippen LogP contribution in [0.5, 0.6) is 11.5 Å². The zero-order valence-electron chi connectivity index (χ0n) is 34.0. The number of carbonyl (C=O) groups excluding carboxylic acids is 2. The standard InChI is InChI=1S/C25H26N4O2.C23H24N4O2/c1-16-5-7-20-21(26-16)3-2-4-23(20)29-14-18-12-19(29)13-28(18)10-9-17-6-8-24-22(11-17)27-25(30)15-31-24;28-23-16-29-21-7-5-17(15-20(21)25-23)9-10-26-11-13-27(14-12-26)22-8-6-18-3-1-2-4-19(18)24-22/h2-8,11,18-19H,9-10,12-15H2,1H3,(H,27,30);1-8,15H,9-14,16H2,(H,25,28)/t18-,19-;/m0./s1.